The zero-order chi connectivity index (χ0) is 21.9. The summed E-state index contributed by atoms with van der Waals surface area (Å²) < 4.78 is 65.0. The van der Waals surface area contributed by atoms with Crippen LogP contribution in [0.3, 0.4) is 0 Å². The molecule has 0 aromatic heterocycles. The quantitative estimate of drug-likeness (QED) is 0.686. The first kappa shape index (κ1) is 22.5. The van der Waals surface area contributed by atoms with Gasteiger partial charge in [-0.15, -0.1) is 0 Å². The standard InChI is InChI=1S/C18H22F3N3O5S/c19-18(20,21)13-2-1-3-16(10-13)30(27,28)24-8-4-14(5-9-24)22-29-12-17(26)23-7-6-15(25)11-23/h1-3,10,15,25H,4-9,11-12H2. The summed E-state index contributed by atoms with van der Waals surface area (Å²) in [7, 11) is -4.07. The van der Waals surface area contributed by atoms with Crippen LogP contribution >= 0.6 is 0 Å². The van der Waals surface area contributed by atoms with Crippen LogP contribution in [-0.2, 0) is 25.8 Å². The van der Waals surface area contributed by atoms with Gasteiger partial charge in [-0.25, -0.2) is 8.42 Å². The molecule has 3 rings (SSSR count). The van der Waals surface area contributed by atoms with Crippen LogP contribution in [0.4, 0.5) is 13.2 Å². The number of likely N-dealkylation sites (tertiary alicyclic amines) is 1. The number of benzene rings is 1. The van der Waals surface area contributed by atoms with E-state index in [1.807, 2.05) is 0 Å². The monoisotopic (exact) mass is 449 g/mol. The zero-order valence-corrected chi connectivity index (χ0v) is 16.8. The third kappa shape index (κ3) is 5.29. The predicted octanol–water partition coefficient (Wildman–Crippen LogP) is 1.46. The van der Waals surface area contributed by atoms with Crippen molar-refractivity contribution in [3.63, 3.8) is 0 Å². The number of amides is 1. The van der Waals surface area contributed by atoms with E-state index in [1.54, 1.807) is 0 Å². The Morgan fingerprint density at radius 1 is 1.23 bits per heavy atom. The molecule has 1 atom stereocenters. The van der Waals surface area contributed by atoms with Gasteiger partial charge in [0.05, 0.1) is 22.3 Å². The largest absolute Gasteiger partial charge is 0.416 e. The Morgan fingerprint density at radius 2 is 1.93 bits per heavy atom. The van der Waals surface area contributed by atoms with Crippen molar-refractivity contribution in [3.8, 4) is 0 Å². The molecule has 1 amide bonds. The van der Waals surface area contributed by atoms with Crippen LogP contribution in [0.5, 0.6) is 0 Å². The highest BCUT2D eigenvalue weighted by atomic mass is 32.2. The van der Waals surface area contributed by atoms with Crippen molar-refractivity contribution in [2.75, 3.05) is 32.8 Å². The summed E-state index contributed by atoms with van der Waals surface area (Å²) in [4.78, 5) is 18.1. The smallest absolute Gasteiger partial charge is 0.391 e. The van der Waals surface area contributed by atoms with Gasteiger partial charge in [0.1, 0.15) is 0 Å². The third-order valence-corrected chi connectivity index (χ3v) is 6.89. The Morgan fingerprint density at radius 3 is 2.53 bits per heavy atom. The summed E-state index contributed by atoms with van der Waals surface area (Å²) in [6.45, 7) is 0.548. The molecule has 1 aromatic rings. The summed E-state index contributed by atoms with van der Waals surface area (Å²) in [6.07, 6.45) is -4.14. The fourth-order valence-corrected chi connectivity index (χ4v) is 4.78. The Hall–Kier alpha value is -2.18. The summed E-state index contributed by atoms with van der Waals surface area (Å²) in [5.74, 6) is -0.291. The Kier molecular flexibility index (Phi) is 6.68. The maximum atomic E-state index is 12.9. The first-order valence-electron chi connectivity index (χ1n) is 9.38. The molecule has 166 valence electrons. The molecular formula is C18H22F3N3O5S. The van der Waals surface area contributed by atoms with Crippen LogP contribution in [0.25, 0.3) is 0 Å². The molecule has 2 fully saturated rings. The second-order valence-electron chi connectivity index (χ2n) is 7.14. The maximum Gasteiger partial charge on any atom is 0.416 e. The molecule has 0 aliphatic carbocycles. The minimum absolute atomic E-state index is 0.0486. The maximum absolute atomic E-state index is 12.9. The number of oxime groups is 1. The topological polar surface area (TPSA) is 99.5 Å². The second kappa shape index (κ2) is 8.90. The lowest BCUT2D eigenvalue weighted by atomic mass is 10.1. The number of nitrogens with zero attached hydrogens (tertiary/aromatic N) is 3. The second-order valence-corrected chi connectivity index (χ2v) is 9.08. The molecular weight excluding hydrogens is 427 g/mol. The van der Waals surface area contributed by atoms with E-state index in [0.29, 0.717) is 24.7 Å². The summed E-state index contributed by atoms with van der Waals surface area (Å²) in [5, 5.41) is 13.3. The third-order valence-electron chi connectivity index (χ3n) is 5.00. The van der Waals surface area contributed by atoms with Crippen LogP contribution in [0.2, 0.25) is 0 Å². The van der Waals surface area contributed by atoms with E-state index in [1.165, 1.54) is 4.90 Å². The van der Waals surface area contributed by atoms with Gasteiger partial charge in [-0.3, -0.25) is 4.79 Å². The molecule has 30 heavy (non-hydrogen) atoms. The number of hydrogen-bond acceptors (Lipinski definition) is 6. The highest BCUT2D eigenvalue weighted by Crippen LogP contribution is 2.31. The van der Waals surface area contributed by atoms with E-state index in [2.05, 4.69) is 5.16 Å². The number of hydrogen-bond donors (Lipinski definition) is 1. The van der Waals surface area contributed by atoms with Crippen molar-refractivity contribution >= 4 is 21.6 Å². The number of piperidine rings is 1. The molecule has 2 aliphatic rings. The van der Waals surface area contributed by atoms with Gasteiger partial charge >= 0.3 is 6.18 Å². The molecule has 2 heterocycles. The van der Waals surface area contributed by atoms with Crippen LogP contribution in [0, 0.1) is 0 Å². The molecule has 8 nitrogen and oxygen atoms in total. The lowest BCUT2D eigenvalue weighted by Crippen LogP contribution is -2.39. The van der Waals surface area contributed by atoms with E-state index in [4.69, 9.17) is 4.84 Å². The predicted molar refractivity (Wildman–Crippen MR) is 100 cm³/mol. The first-order valence-corrected chi connectivity index (χ1v) is 10.8. The number of halogens is 3. The molecule has 0 radical (unpaired) electrons. The number of carbonyl (C=O) groups is 1. The molecule has 2 saturated heterocycles. The van der Waals surface area contributed by atoms with Gasteiger partial charge in [0.15, 0.2) is 6.61 Å². The molecule has 1 N–H and O–H groups in total. The molecule has 12 heteroatoms. The van der Waals surface area contributed by atoms with E-state index in [-0.39, 0.29) is 45.0 Å². The van der Waals surface area contributed by atoms with Crippen LogP contribution in [0.15, 0.2) is 34.3 Å². The van der Waals surface area contributed by atoms with Crippen LogP contribution in [0.1, 0.15) is 24.8 Å². The molecule has 0 bridgehead atoms. The molecule has 0 spiro atoms. The van der Waals surface area contributed by atoms with Gasteiger partial charge in [0.25, 0.3) is 5.91 Å². The van der Waals surface area contributed by atoms with Crippen molar-refractivity contribution in [1.82, 2.24) is 9.21 Å². The van der Waals surface area contributed by atoms with Crippen molar-refractivity contribution in [3.05, 3.63) is 29.8 Å². The number of β-amino-alcohol motifs (C(OH)–C–C–N with tert-alkyl or cyclic N) is 1. The lowest BCUT2D eigenvalue weighted by Gasteiger charge is -2.27. The van der Waals surface area contributed by atoms with Gasteiger partial charge in [-0.05, 0) is 24.6 Å². The lowest BCUT2D eigenvalue weighted by molar-refractivity contribution is -0.138. The fourth-order valence-electron chi connectivity index (χ4n) is 3.30. The number of aliphatic hydroxyl groups excluding tert-OH is 1. The van der Waals surface area contributed by atoms with Gasteiger partial charge in [0.2, 0.25) is 10.0 Å². The number of rotatable bonds is 5. The van der Waals surface area contributed by atoms with E-state index < -0.39 is 32.8 Å². The van der Waals surface area contributed by atoms with Crippen LogP contribution < -0.4 is 0 Å². The van der Waals surface area contributed by atoms with Gasteiger partial charge in [0, 0.05) is 39.0 Å². The van der Waals surface area contributed by atoms with Gasteiger partial charge in [-0.1, -0.05) is 11.2 Å². The number of aliphatic hydroxyl groups is 1. The Bertz CT molecular complexity index is 910. The highest BCUT2D eigenvalue weighted by molar-refractivity contribution is 7.89. The fraction of sp³-hybridized carbons (Fsp3) is 0.556. The molecule has 2 aliphatic heterocycles. The minimum Gasteiger partial charge on any atom is -0.391 e. The first-order chi connectivity index (χ1) is 14.1. The summed E-state index contributed by atoms with van der Waals surface area (Å²) in [6, 6.07) is 3.65. The average Bonchev–Trinajstić information content (AvgIpc) is 3.14. The Balaban J connectivity index is 1.54. The van der Waals surface area contributed by atoms with E-state index >= 15 is 0 Å². The number of sulfonamides is 1. The normalized spacial score (nSPS) is 21.0. The molecule has 0 saturated carbocycles. The Labute approximate surface area is 171 Å². The molecule has 1 aromatic carbocycles. The summed E-state index contributed by atoms with van der Waals surface area (Å²) >= 11 is 0. The number of carbonyl (C=O) groups excluding carboxylic acids is 1. The number of alkyl halides is 3. The molecule has 1 unspecified atom stereocenters. The van der Waals surface area contributed by atoms with Crippen molar-refractivity contribution in [1.29, 1.82) is 0 Å². The van der Waals surface area contributed by atoms with Gasteiger partial charge in [-0.2, -0.15) is 17.5 Å². The van der Waals surface area contributed by atoms with E-state index in [0.717, 1.165) is 22.5 Å². The van der Waals surface area contributed by atoms with Crippen molar-refractivity contribution in [2.24, 2.45) is 5.16 Å². The summed E-state index contributed by atoms with van der Waals surface area (Å²) in [5.41, 5.74) is -0.453. The van der Waals surface area contributed by atoms with E-state index in [9.17, 15) is 31.5 Å². The zero-order valence-electron chi connectivity index (χ0n) is 16.0. The average molecular weight is 449 g/mol. The van der Waals surface area contributed by atoms with Crippen molar-refractivity contribution in [2.45, 2.75) is 36.4 Å². The van der Waals surface area contributed by atoms with Gasteiger partial charge < -0.3 is 14.8 Å². The van der Waals surface area contributed by atoms with Crippen LogP contribution in [-0.4, -0.2) is 73.2 Å². The SMILES string of the molecule is O=C(CON=C1CCN(S(=O)(=O)c2cccc(C(F)(F)F)c2)CC1)N1CCC(O)C1. The highest BCUT2D eigenvalue weighted by Gasteiger charge is 2.34. The minimum atomic E-state index is -4.63. The van der Waals surface area contributed by atoms with Crippen molar-refractivity contribution < 1.29 is 36.3 Å².